The zero-order valence-electron chi connectivity index (χ0n) is 12.4. The van der Waals surface area contributed by atoms with Gasteiger partial charge in [0.1, 0.15) is 18.0 Å². The fourth-order valence-electron chi connectivity index (χ4n) is 2.11. The molecule has 0 radical (unpaired) electrons. The molecule has 0 bridgehead atoms. The fraction of sp³-hybridized carbons (Fsp3) is 0.375. The van der Waals surface area contributed by atoms with Crippen LogP contribution in [0.5, 0.6) is 0 Å². The van der Waals surface area contributed by atoms with Gasteiger partial charge in [-0.05, 0) is 30.9 Å². The fourth-order valence-corrected chi connectivity index (χ4v) is 2.11. The topological polar surface area (TPSA) is 49.8 Å². The summed E-state index contributed by atoms with van der Waals surface area (Å²) >= 11 is 0. The van der Waals surface area contributed by atoms with Gasteiger partial charge in [0.2, 0.25) is 0 Å². The third-order valence-electron chi connectivity index (χ3n) is 3.22. The summed E-state index contributed by atoms with van der Waals surface area (Å²) in [6.45, 7) is 7.32. The molecule has 1 aromatic heterocycles. The Morgan fingerprint density at radius 2 is 1.90 bits per heavy atom. The minimum atomic E-state index is 0.822. The van der Waals surface area contributed by atoms with Crippen molar-refractivity contribution >= 4 is 17.3 Å². The molecule has 0 aliphatic heterocycles. The average Bonchev–Trinajstić information content (AvgIpc) is 2.47. The molecule has 106 valence electrons. The van der Waals surface area contributed by atoms with Gasteiger partial charge in [-0.15, -0.1) is 0 Å². The Morgan fingerprint density at radius 1 is 1.10 bits per heavy atom. The summed E-state index contributed by atoms with van der Waals surface area (Å²) in [6.07, 6.45) is 3.66. The Balaban J connectivity index is 2.21. The molecule has 2 N–H and O–H groups in total. The monoisotopic (exact) mass is 270 g/mol. The van der Waals surface area contributed by atoms with Crippen LogP contribution in [0.3, 0.4) is 0 Å². The second-order valence-corrected chi connectivity index (χ2v) is 4.80. The molecule has 0 saturated carbocycles. The van der Waals surface area contributed by atoms with Crippen molar-refractivity contribution in [1.82, 2.24) is 9.97 Å². The van der Waals surface area contributed by atoms with Gasteiger partial charge in [-0.2, -0.15) is 0 Å². The molecule has 4 nitrogen and oxygen atoms in total. The molecule has 20 heavy (non-hydrogen) atoms. The number of hydrogen-bond acceptors (Lipinski definition) is 4. The molecule has 1 heterocycles. The van der Waals surface area contributed by atoms with Crippen molar-refractivity contribution in [3.63, 3.8) is 0 Å². The summed E-state index contributed by atoms with van der Waals surface area (Å²) in [6, 6.07) is 8.29. The standard InChI is InChI=1S/C16H22N4/c1-4-9-17-14-10-15(19-11-18-14)20-16-12(3)7-6-8-13(16)5-2/h6-8,10-11H,4-5,9H2,1-3H3,(H2,17,18,19,20). The molecule has 2 aromatic rings. The van der Waals surface area contributed by atoms with Gasteiger partial charge < -0.3 is 10.6 Å². The summed E-state index contributed by atoms with van der Waals surface area (Å²) in [5.41, 5.74) is 3.67. The van der Waals surface area contributed by atoms with Crippen LogP contribution in [0, 0.1) is 6.92 Å². The van der Waals surface area contributed by atoms with Crippen LogP contribution in [0.1, 0.15) is 31.4 Å². The molecule has 0 fully saturated rings. The van der Waals surface area contributed by atoms with E-state index in [9.17, 15) is 0 Å². The zero-order valence-corrected chi connectivity index (χ0v) is 12.4. The Hall–Kier alpha value is -2.10. The highest BCUT2D eigenvalue weighted by atomic mass is 15.1. The van der Waals surface area contributed by atoms with Crippen molar-refractivity contribution in [2.45, 2.75) is 33.6 Å². The summed E-state index contributed by atoms with van der Waals surface area (Å²) in [5, 5.41) is 6.69. The van der Waals surface area contributed by atoms with Crippen molar-refractivity contribution in [2.24, 2.45) is 0 Å². The number of anilines is 3. The predicted octanol–water partition coefficient (Wildman–Crippen LogP) is 3.91. The van der Waals surface area contributed by atoms with Gasteiger partial charge in [0.15, 0.2) is 0 Å². The van der Waals surface area contributed by atoms with E-state index in [1.165, 1.54) is 11.1 Å². The molecule has 4 heteroatoms. The summed E-state index contributed by atoms with van der Waals surface area (Å²) < 4.78 is 0. The van der Waals surface area contributed by atoms with E-state index in [2.05, 4.69) is 59.6 Å². The van der Waals surface area contributed by atoms with Gasteiger partial charge in [0.25, 0.3) is 0 Å². The summed E-state index contributed by atoms with van der Waals surface area (Å²) in [7, 11) is 0. The molecule has 0 aliphatic carbocycles. The average molecular weight is 270 g/mol. The van der Waals surface area contributed by atoms with Crippen molar-refractivity contribution < 1.29 is 0 Å². The van der Waals surface area contributed by atoms with Crippen molar-refractivity contribution in [1.29, 1.82) is 0 Å². The first kappa shape index (κ1) is 14.3. The van der Waals surface area contributed by atoms with Crippen LogP contribution in [-0.4, -0.2) is 16.5 Å². The van der Waals surface area contributed by atoms with E-state index in [0.29, 0.717) is 0 Å². The van der Waals surface area contributed by atoms with E-state index >= 15 is 0 Å². The molecule has 1 aromatic carbocycles. The molecular formula is C16H22N4. The van der Waals surface area contributed by atoms with E-state index in [1.54, 1.807) is 6.33 Å². The highest BCUT2D eigenvalue weighted by molar-refractivity contribution is 5.66. The van der Waals surface area contributed by atoms with Gasteiger partial charge in [-0.3, -0.25) is 0 Å². The van der Waals surface area contributed by atoms with E-state index in [-0.39, 0.29) is 0 Å². The quantitative estimate of drug-likeness (QED) is 0.835. The van der Waals surface area contributed by atoms with Gasteiger partial charge in [0.05, 0.1) is 0 Å². The number of hydrogen-bond donors (Lipinski definition) is 2. The van der Waals surface area contributed by atoms with Crippen molar-refractivity contribution in [3.8, 4) is 0 Å². The lowest BCUT2D eigenvalue weighted by Crippen LogP contribution is -2.04. The number of para-hydroxylation sites is 1. The van der Waals surface area contributed by atoms with Crippen LogP contribution < -0.4 is 10.6 Å². The first-order valence-electron chi connectivity index (χ1n) is 7.16. The molecule has 0 amide bonds. The molecular weight excluding hydrogens is 248 g/mol. The van der Waals surface area contributed by atoms with E-state index in [1.807, 2.05) is 6.07 Å². The van der Waals surface area contributed by atoms with Crippen LogP contribution >= 0.6 is 0 Å². The summed E-state index contributed by atoms with van der Waals surface area (Å²) in [4.78, 5) is 8.52. The Morgan fingerprint density at radius 3 is 2.65 bits per heavy atom. The van der Waals surface area contributed by atoms with E-state index in [0.717, 1.165) is 36.7 Å². The highest BCUT2D eigenvalue weighted by Crippen LogP contribution is 2.25. The van der Waals surface area contributed by atoms with Gasteiger partial charge in [-0.1, -0.05) is 32.0 Å². The molecule has 0 saturated heterocycles. The minimum Gasteiger partial charge on any atom is -0.370 e. The first-order valence-corrected chi connectivity index (χ1v) is 7.16. The molecule has 0 spiro atoms. The smallest absolute Gasteiger partial charge is 0.135 e. The van der Waals surface area contributed by atoms with Crippen LogP contribution in [0.2, 0.25) is 0 Å². The molecule has 0 unspecified atom stereocenters. The second kappa shape index (κ2) is 6.89. The maximum atomic E-state index is 4.30. The molecule has 0 aliphatic rings. The second-order valence-electron chi connectivity index (χ2n) is 4.80. The lowest BCUT2D eigenvalue weighted by Gasteiger charge is -2.14. The van der Waals surface area contributed by atoms with E-state index < -0.39 is 0 Å². The van der Waals surface area contributed by atoms with E-state index in [4.69, 9.17) is 0 Å². The Labute approximate surface area is 120 Å². The minimum absolute atomic E-state index is 0.822. The van der Waals surface area contributed by atoms with Crippen LogP contribution in [0.4, 0.5) is 17.3 Å². The maximum Gasteiger partial charge on any atom is 0.135 e. The SMILES string of the molecule is CCCNc1cc(Nc2c(C)cccc2CC)ncn1. The number of aromatic nitrogens is 2. The maximum absolute atomic E-state index is 4.30. The van der Waals surface area contributed by atoms with Crippen molar-refractivity contribution in [2.75, 3.05) is 17.2 Å². The molecule has 0 atom stereocenters. The van der Waals surface area contributed by atoms with Crippen LogP contribution in [0.15, 0.2) is 30.6 Å². The number of rotatable bonds is 6. The predicted molar refractivity (Wildman–Crippen MR) is 84.7 cm³/mol. The van der Waals surface area contributed by atoms with Gasteiger partial charge >= 0.3 is 0 Å². The number of nitrogens with one attached hydrogen (secondary N) is 2. The number of nitrogens with zero attached hydrogens (tertiary/aromatic N) is 2. The zero-order chi connectivity index (χ0) is 14.4. The van der Waals surface area contributed by atoms with Crippen LogP contribution in [-0.2, 0) is 6.42 Å². The first-order chi connectivity index (χ1) is 9.74. The van der Waals surface area contributed by atoms with Crippen molar-refractivity contribution in [3.05, 3.63) is 41.7 Å². The third kappa shape index (κ3) is 3.47. The van der Waals surface area contributed by atoms with Crippen LogP contribution in [0.25, 0.3) is 0 Å². The van der Waals surface area contributed by atoms with Gasteiger partial charge in [-0.25, -0.2) is 9.97 Å². The number of aryl methyl sites for hydroxylation is 2. The highest BCUT2D eigenvalue weighted by Gasteiger charge is 2.06. The summed E-state index contributed by atoms with van der Waals surface area (Å²) in [5.74, 6) is 1.68. The largest absolute Gasteiger partial charge is 0.370 e. The molecule has 2 rings (SSSR count). The normalized spacial score (nSPS) is 10.3. The van der Waals surface area contributed by atoms with Gasteiger partial charge in [0, 0.05) is 18.3 Å². The lowest BCUT2D eigenvalue weighted by atomic mass is 10.1. The number of benzene rings is 1. The lowest BCUT2D eigenvalue weighted by molar-refractivity contribution is 0.965. The third-order valence-corrected chi connectivity index (χ3v) is 3.22. The Kier molecular flexibility index (Phi) is 4.93. The Bertz CT molecular complexity index is 566.